The van der Waals surface area contributed by atoms with Crippen molar-refractivity contribution in [1.82, 2.24) is 15.3 Å². The Balaban J connectivity index is 0.000000676. The SMILES string of the molecule is C[C@@](CCN1Cc2c(ccc(-c3ccc(CCN4CCOCC4)cc3)c2F)C1=O)(C(=O)NO)S(C)(=O)=O.O=C(O)C(F)(F)F. The van der Waals surface area contributed by atoms with E-state index in [0.717, 1.165) is 51.1 Å². The number of rotatable bonds is 9. The lowest BCUT2D eigenvalue weighted by Crippen LogP contribution is -2.50. The number of carboxylic acid groups (broad SMARTS) is 1. The minimum absolute atomic E-state index is 0.0357. The summed E-state index contributed by atoms with van der Waals surface area (Å²) in [5.41, 5.74) is 4.09. The van der Waals surface area contributed by atoms with E-state index in [4.69, 9.17) is 19.8 Å². The van der Waals surface area contributed by atoms with Crippen LogP contribution in [0.25, 0.3) is 11.1 Å². The summed E-state index contributed by atoms with van der Waals surface area (Å²) in [5.74, 6) is -4.76. The molecule has 0 radical (unpaired) electrons. The monoisotopic (exact) mass is 647 g/mol. The summed E-state index contributed by atoms with van der Waals surface area (Å²) in [6, 6.07) is 10.9. The zero-order valence-corrected chi connectivity index (χ0v) is 24.8. The zero-order valence-electron chi connectivity index (χ0n) is 24.0. The van der Waals surface area contributed by atoms with Gasteiger partial charge in [-0.15, -0.1) is 0 Å². The lowest BCUT2D eigenvalue weighted by Gasteiger charge is -2.27. The van der Waals surface area contributed by atoms with Gasteiger partial charge in [0.05, 0.1) is 13.2 Å². The number of ether oxygens (including phenoxy) is 1. The first kappa shape index (κ1) is 34.9. The number of sulfone groups is 1. The molecule has 0 aromatic heterocycles. The van der Waals surface area contributed by atoms with Crippen molar-refractivity contribution in [2.24, 2.45) is 0 Å². The molecule has 2 aromatic carbocycles. The number of carbonyl (C=O) groups excluding carboxylic acids is 2. The molecule has 16 heteroatoms. The number of halogens is 4. The topological polar surface area (TPSA) is 154 Å². The Morgan fingerprint density at radius 3 is 2.11 bits per heavy atom. The van der Waals surface area contributed by atoms with Gasteiger partial charge in [0, 0.05) is 55.7 Å². The molecule has 3 N–H and O–H groups in total. The van der Waals surface area contributed by atoms with Crippen LogP contribution in [-0.2, 0) is 37.1 Å². The molecule has 0 unspecified atom stereocenters. The molecule has 0 spiro atoms. The number of aliphatic carboxylic acids is 1. The van der Waals surface area contributed by atoms with E-state index in [1.54, 1.807) is 12.1 Å². The first-order chi connectivity index (χ1) is 20.5. The molecule has 0 aliphatic carbocycles. The van der Waals surface area contributed by atoms with Gasteiger partial charge in [-0.3, -0.25) is 19.7 Å². The van der Waals surface area contributed by atoms with E-state index in [1.165, 1.54) is 17.3 Å². The number of morpholine rings is 1. The van der Waals surface area contributed by atoms with Gasteiger partial charge in [0.2, 0.25) is 0 Å². The molecule has 2 amide bonds. The van der Waals surface area contributed by atoms with E-state index in [-0.39, 0.29) is 30.6 Å². The fourth-order valence-electron chi connectivity index (χ4n) is 4.71. The fraction of sp³-hybridized carbons (Fsp3) is 0.464. The molecular formula is C28H33F4N3O8S. The van der Waals surface area contributed by atoms with Crippen molar-refractivity contribution in [2.75, 3.05) is 45.6 Å². The van der Waals surface area contributed by atoms with E-state index in [2.05, 4.69) is 4.90 Å². The number of amides is 2. The number of nitrogens with one attached hydrogen (secondary N) is 1. The predicted octanol–water partition coefficient (Wildman–Crippen LogP) is 2.66. The molecule has 2 heterocycles. The number of nitrogens with zero attached hydrogens (tertiary/aromatic N) is 2. The van der Waals surface area contributed by atoms with Gasteiger partial charge in [-0.25, -0.2) is 23.1 Å². The van der Waals surface area contributed by atoms with Crippen LogP contribution in [0.1, 0.15) is 34.8 Å². The Kier molecular flexibility index (Phi) is 11.1. The maximum Gasteiger partial charge on any atom is 0.490 e. The number of alkyl halides is 3. The Hall–Kier alpha value is -3.60. The summed E-state index contributed by atoms with van der Waals surface area (Å²) < 4.78 is 75.2. The van der Waals surface area contributed by atoms with Crippen molar-refractivity contribution in [2.45, 2.75) is 37.2 Å². The smallest absolute Gasteiger partial charge is 0.475 e. The molecule has 2 aliphatic heterocycles. The highest BCUT2D eigenvalue weighted by Gasteiger charge is 2.44. The lowest BCUT2D eigenvalue weighted by atomic mass is 9.98. The summed E-state index contributed by atoms with van der Waals surface area (Å²) in [6.45, 7) is 5.35. The van der Waals surface area contributed by atoms with E-state index in [9.17, 15) is 31.2 Å². The number of fused-ring (bicyclic) bond motifs is 1. The second-order valence-electron chi connectivity index (χ2n) is 10.6. The standard InChI is InChI=1S/C26H32FN3O6S.C2HF3O2/c1-26(25(32)28-33,37(2,34)35)10-12-30-17-22-21(24(30)31)8-7-20(23(22)27)19-5-3-18(4-6-19)9-11-29-13-15-36-16-14-29;3-2(4,5)1(6)7/h3-8,33H,9-17H2,1-2H3,(H,28,32);(H,6,7)/t26-;/m1./s1. The van der Waals surface area contributed by atoms with Crippen LogP contribution in [0.5, 0.6) is 0 Å². The van der Waals surface area contributed by atoms with Gasteiger partial charge < -0.3 is 14.7 Å². The van der Waals surface area contributed by atoms with Crippen LogP contribution in [0.15, 0.2) is 36.4 Å². The second kappa shape index (κ2) is 14.0. The highest BCUT2D eigenvalue weighted by Crippen LogP contribution is 2.33. The first-order valence-corrected chi connectivity index (χ1v) is 15.3. The summed E-state index contributed by atoms with van der Waals surface area (Å²) in [7, 11) is -3.91. The molecule has 1 saturated heterocycles. The zero-order chi connectivity index (χ0) is 32.9. The molecule has 2 aliphatic rings. The minimum Gasteiger partial charge on any atom is -0.475 e. The average molecular weight is 648 g/mol. The van der Waals surface area contributed by atoms with Crippen molar-refractivity contribution in [3.63, 3.8) is 0 Å². The van der Waals surface area contributed by atoms with E-state index < -0.39 is 44.4 Å². The molecule has 242 valence electrons. The maximum absolute atomic E-state index is 15.6. The number of hydrogen-bond acceptors (Lipinski definition) is 8. The molecule has 0 bridgehead atoms. The summed E-state index contributed by atoms with van der Waals surface area (Å²) in [5, 5.41) is 16.1. The number of hydroxylamine groups is 1. The van der Waals surface area contributed by atoms with Gasteiger partial charge in [0.1, 0.15) is 5.82 Å². The Bertz CT molecular complexity index is 1480. The van der Waals surface area contributed by atoms with Crippen molar-refractivity contribution < 1.29 is 55.4 Å². The molecule has 1 atom stereocenters. The Labute approximate surface area is 251 Å². The van der Waals surface area contributed by atoms with Crippen LogP contribution in [0.2, 0.25) is 0 Å². The predicted molar refractivity (Wildman–Crippen MR) is 149 cm³/mol. The van der Waals surface area contributed by atoms with Crippen LogP contribution in [0.4, 0.5) is 17.6 Å². The Morgan fingerprint density at radius 2 is 1.59 bits per heavy atom. The van der Waals surface area contributed by atoms with Crippen molar-refractivity contribution in [3.8, 4) is 11.1 Å². The molecule has 44 heavy (non-hydrogen) atoms. The third kappa shape index (κ3) is 8.11. The van der Waals surface area contributed by atoms with Crippen molar-refractivity contribution in [1.29, 1.82) is 0 Å². The van der Waals surface area contributed by atoms with Crippen molar-refractivity contribution >= 4 is 27.6 Å². The van der Waals surface area contributed by atoms with E-state index >= 15 is 4.39 Å². The molecule has 0 saturated carbocycles. The summed E-state index contributed by atoms with van der Waals surface area (Å²) in [4.78, 5) is 37.5. The second-order valence-corrected chi connectivity index (χ2v) is 13.0. The van der Waals surface area contributed by atoms with Crippen LogP contribution in [0, 0.1) is 5.82 Å². The molecule has 11 nitrogen and oxygen atoms in total. The number of hydrogen-bond donors (Lipinski definition) is 3. The van der Waals surface area contributed by atoms with Crippen LogP contribution in [0.3, 0.4) is 0 Å². The van der Waals surface area contributed by atoms with Crippen LogP contribution in [-0.4, -0.2) is 103 Å². The normalized spacial score (nSPS) is 16.9. The molecule has 1 fully saturated rings. The number of carbonyl (C=O) groups is 3. The highest BCUT2D eigenvalue weighted by atomic mass is 32.2. The number of carboxylic acids is 1. The molecule has 4 rings (SSSR count). The summed E-state index contributed by atoms with van der Waals surface area (Å²) >= 11 is 0. The van der Waals surface area contributed by atoms with Gasteiger partial charge in [-0.1, -0.05) is 30.3 Å². The highest BCUT2D eigenvalue weighted by molar-refractivity contribution is 7.92. The van der Waals surface area contributed by atoms with Crippen LogP contribution < -0.4 is 5.48 Å². The average Bonchev–Trinajstić information content (AvgIpc) is 3.30. The minimum atomic E-state index is -5.08. The van der Waals surface area contributed by atoms with Gasteiger partial charge in [0.15, 0.2) is 14.6 Å². The lowest BCUT2D eigenvalue weighted by molar-refractivity contribution is -0.192. The van der Waals surface area contributed by atoms with Crippen LogP contribution >= 0.6 is 0 Å². The third-order valence-electron chi connectivity index (χ3n) is 7.70. The fourth-order valence-corrected chi connectivity index (χ4v) is 5.55. The molecular weight excluding hydrogens is 614 g/mol. The van der Waals surface area contributed by atoms with Crippen molar-refractivity contribution in [3.05, 3.63) is 58.9 Å². The van der Waals surface area contributed by atoms with E-state index in [0.29, 0.717) is 11.1 Å². The van der Waals surface area contributed by atoms with Gasteiger partial charge >= 0.3 is 12.1 Å². The number of benzene rings is 2. The Morgan fingerprint density at radius 1 is 1.02 bits per heavy atom. The molecule has 2 aromatic rings. The quantitative estimate of drug-likeness (QED) is 0.212. The first-order valence-electron chi connectivity index (χ1n) is 13.4. The van der Waals surface area contributed by atoms with Gasteiger partial charge in [0.25, 0.3) is 11.8 Å². The largest absolute Gasteiger partial charge is 0.490 e. The van der Waals surface area contributed by atoms with Gasteiger partial charge in [-0.2, -0.15) is 13.2 Å². The maximum atomic E-state index is 15.6. The van der Waals surface area contributed by atoms with Gasteiger partial charge in [-0.05, 0) is 37.0 Å². The third-order valence-corrected chi connectivity index (χ3v) is 9.72. The van der Waals surface area contributed by atoms with E-state index in [1.807, 2.05) is 24.3 Å². The summed E-state index contributed by atoms with van der Waals surface area (Å²) in [6.07, 6.45) is -3.56.